The molecule has 0 fully saturated rings. The van der Waals surface area contributed by atoms with Crippen LogP contribution < -0.4 is 10.1 Å². The molecule has 1 aromatic heterocycles. The number of ether oxygens (including phenoxy) is 1. The lowest BCUT2D eigenvalue weighted by Crippen LogP contribution is -2.27. The smallest absolute Gasteiger partial charge is 0.253 e. The molecule has 0 bridgehead atoms. The molecule has 0 aliphatic heterocycles. The van der Waals surface area contributed by atoms with Crippen molar-refractivity contribution in [2.45, 2.75) is 25.8 Å². The highest BCUT2D eigenvalue weighted by Crippen LogP contribution is 2.33. The highest BCUT2D eigenvalue weighted by atomic mass is 16.5. The summed E-state index contributed by atoms with van der Waals surface area (Å²) in [4.78, 5) is 16.5. The summed E-state index contributed by atoms with van der Waals surface area (Å²) in [6.45, 7) is 1.85. The Hall–Kier alpha value is -2.36. The van der Waals surface area contributed by atoms with E-state index in [1.165, 1.54) is 11.1 Å². The Labute approximate surface area is 124 Å². The van der Waals surface area contributed by atoms with Crippen LogP contribution in [0.25, 0.3) is 0 Å². The third-order valence-electron chi connectivity index (χ3n) is 3.98. The fraction of sp³-hybridized carbons (Fsp3) is 0.294. The molecule has 21 heavy (non-hydrogen) atoms. The second-order valence-corrected chi connectivity index (χ2v) is 5.27. The van der Waals surface area contributed by atoms with Crippen LogP contribution in [0, 0.1) is 6.92 Å². The van der Waals surface area contributed by atoms with Crippen LogP contribution in [-0.2, 0) is 6.42 Å². The van der Waals surface area contributed by atoms with Crippen LogP contribution in [0.1, 0.15) is 39.6 Å². The Morgan fingerprint density at radius 1 is 1.38 bits per heavy atom. The van der Waals surface area contributed by atoms with Gasteiger partial charge in [0, 0.05) is 11.9 Å². The average molecular weight is 282 g/mol. The van der Waals surface area contributed by atoms with Gasteiger partial charge in [-0.2, -0.15) is 0 Å². The van der Waals surface area contributed by atoms with E-state index in [-0.39, 0.29) is 11.9 Å². The molecule has 1 aliphatic rings. The van der Waals surface area contributed by atoms with Gasteiger partial charge in [0.2, 0.25) is 0 Å². The maximum atomic E-state index is 12.4. The molecule has 3 rings (SSSR count). The number of aryl methyl sites for hydroxylation is 2. The van der Waals surface area contributed by atoms with E-state index in [9.17, 15) is 4.79 Å². The summed E-state index contributed by atoms with van der Waals surface area (Å²) >= 11 is 0. The zero-order chi connectivity index (χ0) is 14.8. The van der Waals surface area contributed by atoms with Gasteiger partial charge in [0.15, 0.2) is 0 Å². The number of amides is 1. The Morgan fingerprint density at radius 2 is 2.24 bits per heavy atom. The summed E-state index contributed by atoms with van der Waals surface area (Å²) in [6.07, 6.45) is 3.58. The number of pyridine rings is 1. The van der Waals surface area contributed by atoms with Crippen molar-refractivity contribution >= 4 is 5.91 Å². The molecule has 0 unspecified atom stereocenters. The van der Waals surface area contributed by atoms with Crippen LogP contribution in [0.5, 0.6) is 5.75 Å². The van der Waals surface area contributed by atoms with Crippen molar-refractivity contribution in [2.24, 2.45) is 0 Å². The van der Waals surface area contributed by atoms with Gasteiger partial charge in [0.1, 0.15) is 5.75 Å². The number of hydrogen-bond donors (Lipinski definition) is 1. The van der Waals surface area contributed by atoms with E-state index >= 15 is 0 Å². The molecule has 0 saturated carbocycles. The molecule has 1 heterocycles. The summed E-state index contributed by atoms with van der Waals surface area (Å²) < 4.78 is 5.25. The lowest BCUT2D eigenvalue weighted by atomic mass is 10.1. The van der Waals surface area contributed by atoms with Gasteiger partial charge in [-0.3, -0.25) is 9.78 Å². The first-order chi connectivity index (χ1) is 10.2. The zero-order valence-corrected chi connectivity index (χ0v) is 12.2. The van der Waals surface area contributed by atoms with E-state index < -0.39 is 0 Å². The summed E-state index contributed by atoms with van der Waals surface area (Å²) in [5, 5.41) is 3.11. The number of carbonyl (C=O) groups excluding carboxylic acids is 1. The molecule has 0 spiro atoms. The predicted molar refractivity (Wildman–Crippen MR) is 80.5 cm³/mol. The summed E-state index contributed by atoms with van der Waals surface area (Å²) in [5.41, 5.74) is 3.83. The third-order valence-corrected chi connectivity index (χ3v) is 3.98. The minimum absolute atomic E-state index is 0.0609. The van der Waals surface area contributed by atoms with Gasteiger partial charge in [-0.25, -0.2) is 0 Å². The van der Waals surface area contributed by atoms with Crippen molar-refractivity contribution in [3.05, 3.63) is 58.9 Å². The van der Waals surface area contributed by atoms with E-state index in [1.807, 2.05) is 25.1 Å². The van der Waals surface area contributed by atoms with Crippen molar-refractivity contribution in [1.29, 1.82) is 0 Å². The fourth-order valence-corrected chi connectivity index (χ4v) is 2.83. The van der Waals surface area contributed by atoms with Crippen LogP contribution in [0.3, 0.4) is 0 Å². The standard InChI is InChI=1S/C17H18N2O2/c1-11-14(4-3-9-18-11)17(20)19-16-8-5-12-10-13(21-2)6-7-15(12)16/h3-4,6-7,9-10,16H,5,8H2,1-2H3,(H,19,20)/t16-/m1/s1. The molecule has 1 atom stereocenters. The Morgan fingerprint density at radius 3 is 3.00 bits per heavy atom. The van der Waals surface area contributed by atoms with Crippen LogP contribution in [0.15, 0.2) is 36.5 Å². The highest BCUT2D eigenvalue weighted by molar-refractivity contribution is 5.95. The lowest BCUT2D eigenvalue weighted by Gasteiger charge is -2.15. The van der Waals surface area contributed by atoms with Gasteiger partial charge in [-0.1, -0.05) is 6.07 Å². The first-order valence-electron chi connectivity index (χ1n) is 7.08. The molecule has 0 radical (unpaired) electrons. The molecule has 0 saturated heterocycles. The Balaban J connectivity index is 1.79. The van der Waals surface area contributed by atoms with Gasteiger partial charge >= 0.3 is 0 Å². The number of aromatic nitrogens is 1. The number of methoxy groups -OCH3 is 1. The van der Waals surface area contributed by atoms with Crippen LogP contribution in [-0.4, -0.2) is 18.0 Å². The molecule has 4 heteroatoms. The molecule has 1 amide bonds. The summed E-state index contributed by atoms with van der Waals surface area (Å²) in [6, 6.07) is 9.70. The van der Waals surface area contributed by atoms with Crippen LogP contribution in [0.2, 0.25) is 0 Å². The van der Waals surface area contributed by atoms with E-state index in [1.54, 1.807) is 19.4 Å². The number of benzene rings is 1. The number of fused-ring (bicyclic) bond motifs is 1. The maximum Gasteiger partial charge on any atom is 0.253 e. The maximum absolute atomic E-state index is 12.4. The zero-order valence-electron chi connectivity index (χ0n) is 12.2. The lowest BCUT2D eigenvalue weighted by molar-refractivity contribution is 0.0935. The van der Waals surface area contributed by atoms with Gasteiger partial charge < -0.3 is 10.1 Å². The molecule has 108 valence electrons. The van der Waals surface area contributed by atoms with Gasteiger partial charge in [0.05, 0.1) is 18.7 Å². The second-order valence-electron chi connectivity index (χ2n) is 5.27. The Kier molecular flexibility index (Phi) is 3.60. The highest BCUT2D eigenvalue weighted by Gasteiger charge is 2.25. The summed E-state index contributed by atoms with van der Waals surface area (Å²) in [7, 11) is 1.67. The SMILES string of the molecule is COc1ccc2c(c1)CC[C@H]2NC(=O)c1cccnc1C. The number of nitrogens with one attached hydrogen (secondary N) is 1. The molecule has 1 N–H and O–H groups in total. The largest absolute Gasteiger partial charge is 0.497 e. The normalized spacial score (nSPS) is 16.4. The third kappa shape index (κ3) is 2.61. The van der Waals surface area contributed by atoms with Gasteiger partial charge in [-0.15, -0.1) is 0 Å². The van der Waals surface area contributed by atoms with Gasteiger partial charge in [0.25, 0.3) is 5.91 Å². The molecular formula is C17H18N2O2. The van der Waals surface area contributed by atoms with Crippen molar-refractivity contribution in [2.75, 3.05) is 7.11 Å². The first kappa shape index (κ1) is 13.6. The number of nitrogens with zero attached hydrogens (tertiary/aromatic N) is 1. The van der Waals surface area contributed by atoms with E-state index in [4.69, 9.17) is 4.74 Å². The second kappa shape index (κ2) is 5.56. The molecule has 4 nitrogen and oxygen atoms in total. The number of hydrogen-bond acceptors (Lipinski definition) is 3. The van der Waals surface area contributed by atoms with Crippen molar-refractivity contribution < 1.29 is 9.53 Å². The minimum Gasteiger partial charge on any atom is -0.497 e. The molecule has 2 aromatic rings. The average Bonchev–Trinajstić information content (AvgIpc) is 2.89. The molecule has 1 aromatic carbocycles. The predicted octanol–water partition coefficient (Wildman–Crippen LogP) is 2.82. The summed E-state index contributed by atoms with van der Waals surface area (Å²) in [5.74, 6) is 0.804. The number of carbonyl (C=O) groups is 1. The quantitative estimate of drug-likeness (QED) is 0.941. The van der Waals surface area contributed by atoms with Crippen molar-refractivity contribution in [3.63, 3.8) is 0 Å². The number of rotatable bonds is 3. The van der Waals surface area contributed by atoms with Crippen molar-refractivity contribution in [3.8, 4) is 5.75 Å². The fourth-order valence-electron chi connectivity index (χ4n) is 2.83. The van der Waals surface area contributed by atoms with Crippen LogP contribution in [0.4, 0.5) is 0 Å². The van der Waals surface area contributed by atoms with Gasteiger partial charge in [-0.05, 0) is 55.2 Å². The monoisotopic (exact) mass is 282 g/mol. The molecular weight excluding hydrogens is 264 g/mol. The molecule has 1 aliphatic carbocycles. The van der Waals surface area contributed by atoms with Crippen LogP contribution >= 0.6 is 0 Å². The van der Waals surface area contributed by atoms with E-state index in [0.29, 0.717) is 5.56 Å². The minimum atomic E-state index is -0.0609. The van der Waals surface area contributed by atoms with E-state index in [2.05, 4.69) is 16.4 Å². The topological polar surface area (TPSA) is 51.2 Å². The Bertz CT molecular complexity index is 682. The van der Waals surface area contributed by atoms with E-state index in [0.717, 1.165) is 24.3 Å². The van der Waals surface area contributed by atoms with Crippen molar-refractivity contribution in [1.82, 2.24) is 10.3 Å². The first-order valence-corrected chi connectivity index (χ1v) is 7.08.